The second-order valence-electron chi connectivity index (χ2n) is 8.22. The maximum atomic E-state index is 12.3. The van der Waals surface area contributed by atoms with E-state index in [9.17, 15) is 9.59 Å². The van der Waals surface area contributed by atoms with Gasteiger partial charge in [0.2, 0.25) is 5.91 Å². The molecule has 1 N–H and O–H groups in total. The van der Waals surface area contributed by atoms with Crippen LogP contribution in [0.1, 0.15) is 48.9 Å². The highest BCUT2D eigenvalue weighted by Crippen LogP contribution is 2.41. The number of piperidine rings is 2. The molecule has 2 saturated heterocycles. The average molecular weight is 356 g/mol. The normalized spacial score (nSPS) is 26.3. The summed E-state index contributed by atoms with van der Waals surface area (Å²) in [4.78, 5) is 33.2. The third-order valence-corrected chi connectivity index (χ3v) is 6.14. The Morgan fingerprint density at radius 1 is 1.35 bits per heavy atom. The Kier molecular flexibility index (Phi) is 4.59. The van der Waals surface area contributed by atoms with Gasteiger partial charge < -0.3 is 15.1 Å². The first-order valence-corrected chi connectivity index (χ1v) is 9.79. The molecule has 140 valence electrons. The molecule has 1 atom stereocenters. The maximum absolute atomic E-state index is 12.3. The smallest absolute Gasteiger partial charge is 0.251 e. The van der Waals surface area contributed by atoms with Crippen molar-refractivity contribution in [3.05, 3.63) is 23.9 Å². The summed E-state index contributed by atoms with van der Waals surface area (Å²) in [6.07, 6.45) is 8.19. The van der Waals surface area contributed by atoms with Crippen molar-refractivity contribution in [2.75, 3.05) is 38.1 Å². The summed E-state index contributed by atoms with van der Waals surface area (Å²) in [5.74, 6) is 1.86. The quantitative estimate of drug-likeness (QED) is 0.897. The minimum absolute atomic E-state index is 0.0840. The number of amides is 2. The molecule has 2 amide bonds. The second kappa shape index (κ2) is 6.89. The van der Waals surface area contributed by atoms with Gasteiger partial charge in [-0.25, -0.2) is 4.98 Å². The molecule has 6 nitrogen and oxygen atoms in total. The minimum Gasteiger partial charge on any atom is -0.356 e. The van der Waals surface area contributed by atoms with Gasteiger partial charge >= 0.3 is 0 Å². The minimum atomic E-state index is -0.0840. The van der Waals surface area contributed by atoms with Crippen LogP contribution in [0.4, 0.5) is 5.82 Å². The van der Waals surface area contributed by atoms with Crippen LogP contribution >= 0.6 is 0 Å². The molecule has 1 aromatic heterocycles. The Bertz CT molecular complexity index is 703. The van der Waals surface area contributed by atoms with Crippen molar-refractivity contribution in [2.45, 2.75) is 38.5 Å². The summed E-state index contributed by atoms with van der Waals surface area (Å²) in [7, 11) is 1.64. The van der Waals surface area contributed by atoms with E-state index in [2.05, 4.69) is 20.1 Å². The van der Waals surface area contributed by atoms with Crippen molar-refractivity contribution >= 4 is 17.6 Å². The number of rotatable bonds is 4. The summed E-state index contributed by atoms with van der Waals surface area (Å²) in [5.41, 5.74) is 0.817. The fourth-order valence-corrected chi connectivity index (χ4v) is 4.49. The number of carbonyl (C=O) groups excluding carboxylic acids is 2. The van der Waals surface area contributed by atoms with E-state index in [-0.39, 0.29) is 11.3 Å². The number of hydrogen-bond donors (Lipinski definition) is 1. The molecule has 3 fully saturated rings. The third kappa shape index (κ3) is 3.55. The van der Waals surface area contributed by atoms with Crippen molar-refractivity contribution in [2.24, 2.45) is 11.3 Å². The predicted octanol–water partition coefficient (Wildman–Crippen LogP) is 2.06. The first-order chi connectivity index (χ1) is 12.6. The molecule has 0 radical (unpaired) electrons. The zero-order valence-corrected chi connectivity index (χ0v) is 15.5. The molecule has 0 aromatic carbocycles. The molecule has 3 heterocycles. The Morgan fingerprint density at radius 2 is 2.19 bits per heavy atom. The molecule has 0 bridgehead atoms. The second-order valence-corrected chi connectivity index (χ2v) is 8.22. The van der Waals surface area contributed by atoms with E-state index in [0.29, 0.717) is 17.9 Å². The lowest BCUT2D eigenvalue weighted by Gasteiger charge is -2.48. The fraction of sp³-hybridized carbons (Fsp3) is 0.650. The highest BCUT2D eigenvalue weighted by Gasteiger charge is 2.43. The summed E-state index contributed by atoms with van der Waals surface area (Å²) in [5, 5.41) is 2.67. The highest BCUT2D eigenvalue weighted by atomic mass is 16.2. The van der Waals surface area contributed by atoms with Crippen LogP contribution in [-0.4, -0.2) is 54.9 Å². The van der Waals surface area contributed by atoms with E-state index < -0.39 is 0 Å². The molecule has 2 aliphatic heterocycles. The molecule has 1 aromatic rings. The standard InChI is InChI=1S/C20H28N4O2/c1-21-19(26)16-6-9-22-17(11-16)23-10-2-7-20(13-23)8-5-18(25)24(14-20)12-15-3-4-15/h6,9,11,15H,2-5,7-8,10,12-14H2,1H3,(H,21,26)/t20-/m1/s1. The first-order valence-electron chi connectivity index (χ1n) is 9.79. The Morgan fingerprint density at radius 3 is 2.96 bits per heavy atom. The summed E-state index contributed by atoms with van der Waals surface area (Å²) in [6, 6.07) is 3.63. The van der Waals surface area contributed by atoms with Crippen molar-refractivity contribution in [3.63, 3.8) is 0 Å². The van der Waals surface area contributed by atoms with E-state index in [1.54, 1.807) is 19.3 Å². The van der Waals surface area contributed by atoms with E-state index in [1.165, 1.54) is 19.3 Å². The zero-order valence-electron chi connectivity index (χ0n) is 15.5. The van der Waals surface area contributed by atoms with Gasteiger partial charge in [-0.05, 0) is 50.2 Å². The molecule has 1 spiro atoms. The van der Waals surface area contributed by atoms with E-state index in [4.69, 9.17) is 0 Å². The van der Waals surface area contributed by atoms with Crippen LogP contribution in [0.3, 0.4) is 0 Å². The lowest BCUT2D eigenvalue weighted by Crippen LogP contribution is -2.54. The first kappa shape index (κ1) is 17.3. The lowest BCUT2D eigenvalue weighted by atomic mass is 9.73. The van der Waals surface area contributed by atoms with Crippen LogP contribution in [0.15, 0.2) is 18.3 Å². The number of aromatic nitrogens is 1. The van der Waals surface area contributed by atoms with Gasteiger partial charge in [-0.15, -0.1) is 0 Å². The van der Waals surface area contributed by atoms with E-state index in [1.807, 2.05) is 6.07 Å². The van der Waals surface area contributed by atoms with Crippen LogP contribution in [0.2, 0.25) is 0 Å². The van der Waals surface area contributed by atoms with Crippen LogP contribution in [-0.2, 0) is 4.79 Å². The molecular weight excluding hydrogens is 328 g/mol. The number of nitrogens with zero attached hydrogens (tertiary/aromatic N) is 3. The van der Waals surface area contributed by atoms with Crippen LogP contribution < -0.4 is 10.2 Å². The van der Waals surface area contributed by atoms with Crippen LogP contribution in [0.25, 0.3) is 0 Å². The number of carbonyl (C=O) groups is 2. The number of hydrogen-bond acceptors (Lipinski definition) is 4. The highest BCUT2D eigenvalue weighted by molar-refractivity contribution is 5.94. The van der Waals surface area contributed by atoms with Gasteiger partial charge in [-0.3, -0.25) is 9.59 Å². The van der Waals surface area contributed by atoms with Gasteiger partial charge in [0.25, 0.3) is 5.91 Å². The van der Waals surface area contributed by atoms with E-state index >= 15 is 0 Å². The zero-order chi connectivity index (χ0) is 18.1. The van der Waals surface area contributed by atoms with Crippen molar-refractivity contribution in [3.8, 4) is 0 Å². The Hall–Kier alpha value is -2.11. The average Bonchev–Trinajstić information content (AvgIpc) is 3.49. The molecule has 26 heavy (non-hydrogen) atoms. The molecular formula is C20H28N4O2. The number of pyridine rings is 1. The Balaban J connectivity index is 1.50. The molecule has 3 aliphatic rings. The summed E-state index contributed by atoms with van der Waals surface area (Å²) in [6.45, 7) is 3.72. The number of anilines is 1. The van der Waals surface area contributed by atoms with Crippen LogP contribution in [0, 0.1) is 11.3 Å². The third-order valence-electron chi connectivity index (χ3n) is 6.14. The molecule has 4 rings (SSSR count). The van der Waals surface area contributed by atoms with Crippen LogP contribution in [0.5, 0.6) is 0 Å². The number of likely N-dealkylation sites (tertiary alicyclic amines) is 1. The Labute approximate surface area is 155 Å². The van der Waals surface area contributed by atoms with Gasteiger partial charge in [0.1, 0.15) is 5.82 Å². The largest absolute Gasteiger partial charge is 0.356 e. The molecule has 1 saturated carbocycles. The van der Waals surface area contributed by atoms with Gasteiger partial charge in [0.05, 0.1) is 0 Å². The van der Waals surface area contributed by atoms with Gasteiger partial charge in [-0.2, -0.15) is 0 Å². The van der Waals surface area contributed by atoms with Crippen molar-refractivity contribution in [1.29, 1.82) is 0 Å². The van der Waals surface area contributed by atoms with Gasteiger partial charge in [0.15, 0.2) is 0 Å². The van der Waals surface area contributed by atoms with Gasteiger partial charge in [0, 0.05) is 56.8 Å². The van der Waals surface area contributed by atoms with Gasteiger partial charge in [-0.1, -0.05) is 0 Å². The van der Waals surface area contributed by atoms with E-state index in [0.717, 1.165) is 50.8 Å². The van der Waals surface area contributed by atoms with Crippen molar-refractivity contribution < 1.29 is 9.59 Å². The molecule has 6 heteroatoms. The fourth-order valence-electron chi connectivity index (χ4n) is 4.49. The SMILES string of the molecule is CNC(=O)c1ccnc(N2CCC[C@@]3(CCC(=O)N(CC4CC4)C3)C2)c1. The molecule has 1 aliphatic carbocycles. The topological polar surface area (TPSA) is 65.5 Å². The monoisotopic (exact) mass is 356 g/mol. The predicted molar refractivity (Wildman–Crippen MR) is 100 cm³/mol. The summed E-state index contributed by atoms with van der Waals surface area (Å²) >= 11 is 0. The summed E-state index contributed by atoms with van der Waals surface area (Å²) < 4.78 is 0. The molecule has 0 unspecified atom stereocenters. The van der Waals surface area contributed by atoms with Crippen molar-refractivity contribution in [1.82, 2.24) is 15.2 Å². The number of nitrogens with one attached hydrogen (secondary N) is 1. The maximum Gasteiger partial charge on any atom is 0.251 e. The lowest BCUT2D eigenvalue weighted by molar-refractivity contribution is -0.138.